The molecule has 1 unspecified atom stereocenters. The van der Waals surface area contributed by atoms with Crippen molar-refractivity contribution in [2.45, 2.75) is 129 Å². The maximum Gasteiger partial charge on any atom is 0.268 e. The van der Waals surface area contributed by atoms with Crippen LogP contribution in [0.3, 0.4) is 0 Å². The van der Waals surface area contributed by atoms with Crippen LogP contribution in [0.25, 0.3) is 0 Å². The number of quaternary nitrogens is 1. The topological polar surface area (TPSA) is 77.1 Å². The first-order chi connectivity index (χ1) is 18.7. The number of hydrogen-bond donors (Lipinski definition) is 0. The predicted molar refractivity (Wildman–Crippen MR) is 162 cm³/mol. The Morgan fingerprint density at radius 2 is 1.18 bits per heavy atom. The maximum atomic E-state index is 11.9. The molecule has 0 aromatic carbocycles. The monoisotopic (exact) mass is 577 g/mol. The third-order valence-corrected chi connectivity index (χ3v) is 7.83. The second-order valence-electron chi connectivity index (χ2n) is 11.9. The van der Waals surface area contributed by atoms with Crippen LogP contribution in [-0.4, -0.2) is 71.8 Å². The Hall–Kier alpha value is -0.270. The Morgan fingerprint density at radius 3 is 1.67 bits per heavy atom. The van der Waals surface area contributed by atoms with Gasteiger partial charge in [-0.3, -0.25) is 4.57 Å². The van der Waals surface area contributed by atoms with Gasteiger partial charge >= 0.3 is 0 Å². The van der Waals surface area contributed by atoms with Crippen molar-refractivity contribution in [2.24, 2.45) is 0 Å². The summed E-state index contributed by atoms with van der Waals surface area (Å²) in [4.78, 5) is 11.9. The lowest BCUT2D eigenvalue weighted by Gasteiger charge is -2.28. The SMILES string of the molecule is CCCCCCCC/C=C\CCCCCCCCCCCCOC[C@H](COP(=O)([O-])OCC[N+](C)(C)C)OC. The molecule has 0 fully saturated rings. The second kappa shape index (κ2) is 26.6. The molecule has 0 bridgehead atoms. The molecule has 8 heteroatoms. The second-order valence-corrected chi connectivity index (χ2v) is 13.3. The molecule has 0 radical (unpaired) electrons. The number of allylic oxidation sites excluding steroid dienone is 2. The average molecular weight is 578 g/mol. The molecule has 0 aliphatic rings. The van der Waals surface area contributed by atoms with E-state index in [0.29, 0.717) is 24.2 Å². The molecule has 0 aromatic heterocycles. The van der Waals surface area contributed by atoms with Crippen LogP contribution < -0.4 is 4.89 Å². The summed E-state index contributed by atoms with van der Waals surface area (Å²) in [6, 6.07) is 0. The van der Waals surface area contributed by atoms with E-state index in [-0.39, 0.29) is 13.2 Å². The molecule has 0 aliphatic heterocycles. The summed E-state index contributed by atoms with van der Waals surface area (Å²) in [7, 11) is 3.11. The quantitative estimate of drug-likeness (QED) is 0.0375. The van der Waals surface area contributed by atoms with E-state index < -0.39 is 13.9 Å². The molecule has 7 nitrogen and oxygen atoms in total. The molecule has 0 aromatic rings. The van der Waals surface area contributed by atoms with Crippen LogP contribution in [0.4, 0.5) is 0 Å². The number of methoxy groups -OCH3 is 1. The Labute approximate surface area is 242 Å². The number of likely N-dealkylation sites (N-methyl/N-ethyl adjacent to an activating group) is 1. The molecule has 39 heavy (non-hydrogen) atoms. The van der Waals surface area contributed by atoms with Gasteiger partial charge in [0.25, 0.3) is 7.82 Å². The molecule has 0 saturated carbocycles. The molecule has 0 aliphatic carbocycles. The van der Waals surface area contributed by atoms with Crippen LogP contribution in [0.5, 0.6) is 0 Å². The van der Waals surface area contributed by atoms with Crippen LogP contribution in [-0.2, 0) is 23.1 Å². The van der Waals surface area contributed by atoms with Gasteiger partial charge in [0.05, 0.1) is 34.4 Å². The first kappa shape index (κ1) is 38.7. The standard InChI is InChI=1S/C31H64NO6P/c1-6-7-8-9-10-11-12-13-14-15-16-17-18-19-20-21-22-23-24-25-27-36-29-31(35-5)30-38-39(33,34)37-28-26-32(2,3)4/h13-14,31H,6-12,15-30H2,1-5H3/b14-13-/t31-/m1/s1. The molecule has 0 N–H and O–H groups in total. The maximum absolute atomic E-state index is 11.9. The molecule has 0 heterocycles. The molecule has 234 valence electrons. The van der Waals surface area contributed by atoms with Gasteiger partial charge in [-0.15, -0.1) is 0 Å². The van der Waals surface area contributed by atoms with Gasteiger partial charge in [0.2, 0.25) is 0 Å². The molecule has 0 amide bonds. The summed E-state index contributed by atoms with van der Waals surface area (Å²) in [6.45, 7) is 3.81. The lowest BCUT2D eigenvalue weighted by Crippen LogP contribution is -2.37. The summed E-state index contributed by atoms with van der Waals surface area (Å²) < 4.78 is 33.3. The van der Waals surface area contributed by atoms with Crippen LogP contribution in [0.15, 0.2) is 12.2 Å². The van der Waals surface area contributed by atoms with Gasteiger partial charge in [0.15, 0.2) is 0 Å². The van der Waals surface area contributed by atoms with Gasteiger partial charge in [0, 0.05) is 13.7 Å². The van der Waals surface area contributed by atoms with E-state index in [0.717, 1.165) is 12.8 Å². The van der Waals surface area contributed by atoms with Crippen molar-refractivity contribution in [1.29, 1.82) is 0 Å². The van der Waals surface area contributed by atoms with E-state index in [1.54, 1.807) is 0 Å². The van der Waals surface area contributed by atoms with Gasteiger partial charge in [-0.25, -0.2) is 0 Å². The fourth-order valence-corrected chi connectivity index (χ4v) is 4.92. The summed E-state index contributed by atoms with van der Waals surface area (Å²) in [6.07, 6.45) is 28.0. The van der Waals surface area contributed by atoms with Crippen LogP contribution in [0.1, 0.15) is 122 Å². The Kier molecular flexibility index (Phi) is 26.4. The van der Waals surface area contributed by atoms with E-state index in [9.17, 15) is 9.46 Å². The van der Waals surface area contributed by atoms with Gasteiger partial charge in [-0.2, -0.15) is 0 Å². The van der Waals surface area contributed by atoms with E-state index in [4.69, 9.17) is 18.5 Å². The van der Waals surface area contributed by atoms with Crippen LogP contribution in [0.2, 0.25) is 0 Å². The van der Waals surface area contributed by atoms with Crippen molar-refractivity contribution in [2.75, 3.05) is 61.2 Å². The molecule has 2 atom stereocenters. The summed E-state index contributed by atoms with van der Waals surface area (Å²) >= 11 is 0. The highest BCUT2D eigenvalue weighted by atomic mass is 31.2. The fourth-order valence-electron chi connectivity index (χ4n) is 4.20. The zero-order chi connectivity index (χ0) is 29.1. The van der Waals surface area contributed by atoms with Crippen molar-refractivity contribution in [3.05, 3.63) is 12.2 Å². The van der Waals surface area contributed by atoms with Gasteiger partial charge < -0.3 is 27.9 Å². The molecular weight excluding hydrogens is 513 g/mol. The third kappa shape index (κ3) is 30.5. The molecular formula is C31H64NO6P. The number of phosphoric acid groups is 1. The lowest BCUT2D eigenvalue weighted by atomic mass is 10.1. The highest BCUT2D eigenvalue weighted by molar-refractivity contribution is 7.45. The Morgan fingerprint density at radius 1 is 0.692 bits per heavy atom. The van der Waals surface area contributed by atoms with Crippen molar-refractivity contribution in [1.82, 2.24) is 0 Å². The van der Waals surface area contributed by atoms with E-state index in [1.807, 2.05) is 21.1 Å². The predicted octanol–water partition coefficient (Wildman–Crippen LogP) is 7.82. The Balaban J connectivity index is 3.46. The highest BCUT2D eigenvalue weighted by Gasteiger charge is 2.16. The first-order valence-electron chi connectivity index (χ1n) is 15.9. The number of nitrogens with zero attached hydrogens (tertiary/aromatic N) is 1. The van der Waals surface area contributed by atoms with E-state index in [1.165, 1.54) is 110 Å². The highest BCUT2D eigenvalue weighted by Crippen LogP contribution is 2.38. The minimum Gasteiger partial charge on any atom is -0.756 e. The Bertz CT molecular complexity index is 596. The summed E-state index contributed by atoms with van der Waals surface area (Å²) in [5.74, 6) is 0. The van der Waals surface area contributed by atoms with Crippen molar-refractivity contribution < 1.29 is 32.5 Å². The zero-order valence-electron chi connectivity index (χ0n) is 26.3. The van der Waals surface area contributed by atoms with Crippen molar-refractivity contribution in [3.8, 4) is 0 Å². The van der Waals surface area contributed by atoms with Crippen LogP contribution >= 0.6 is 7.82 Å². The van der Waals surface area contributed by atoms with E-state index >= 15 is 0 Å². The normalized spacial score (nSPS) is 14.7. The number of ether oxygens (including phenoxy) is 2. The lowest BCUT2D eigenvalue weighted by molar-refractivity contribution is -0.870. The number of unbranched alkanes of at least 4 members (excludes halogenated alkanes) is 16. The largest absolute Gasteiger partial charge is 0.756 e. The van der Waals surface area contributed by atoms with Gasteiger partial charge in [-0.1, -0.05) is 103 Å². The van der Waals surface area contributed by atoms with Gasteiger partial charge in [-0.05, 0) is 32.1 Å². The minimum atomic E-state index is -4.33. The number of hydrogen-bond acceptors (Lipinski definition) is 6. The van der Waals surface area contributed by atoms with E-state index in [2.05, 4.69) is 19.1 Å². The molecule has 0 saturated heterocycles. The number of phosphoric ester groups is 1. The summed E-state index contributed by atoms with van der Waals surface area (Å²) in [5, 5.41) is 0. The smallest absolute Gasteiger partial charge is 0.268 e. The van der Waals surface area contributed by atoms with Gasteiger partial charge in [0.1, 0.15) is 19.3 Å². The first-order valence-corrected chi connectivity index (χ1v) is 17.3. The molecule has 0 rings (SSSR count). The minimum absolute atomic E-state index is 0.0929. The summed E-state index contributed by atoms with van der Waals surface area (Å²) in [5.41, 5.74) is 0. The third-order valence-electron chi connectivity index (χ3n) is 6.87. The van der Waals surface area contributed by atoms with Crippen molar-refractivity contribution >= 4 is 7.82 Å². The average Bonchev–Trinajstić information content (AvgIpc) is 2.88. The zero-order valence-corrected chi connectivity index (χ0v) is 27.2. The molecule has 0 spiro atoms. The fraction of sp³-hybridized carbons (Fsp3) is 0.935. The number of rotatable bonds is 30. The van der Waals surface area contributed by atoms with Crippen LogP contribution in [0, 0.1) is 0 Å². The van der Waals surface area contributed by atoms with Crippen molar-refractivity contribution in [3.63, 3.8) is 0 Å².